The molecule has 0 amide bonds. The van der Waals surface area contributed by atoms with Crippen LogP contribution in [0.15, 0.2) is 0 Å². The van der Waals surface area contributed by atoms with Gasteiger partial charge < -0.3 is 15.4 Å². The first-order valence-corrected chi connectivity index (χ1v) is 6.89. The highest BCUT2D eigenvalue weighted by atomic mass is 16.5. The number of nitrogens with zero attached hydrogens (tertiary/aromatic N) is 2. The molecule has 17 heavy (non-hydrogen) atoms. The summed E-state index contributed by atoms with van der Waals surface area (Å²) in [7, 11) is 4.02. The summed E-state index contributed by atoms with van der Waals surface area (Å²) in [6, 6.07) is 0.770. The Kier molecular flexibility index (Phi) is 7.77. The van der Waals surface area contributed by atoms with Crippen molar-refractivity contribution in [2.75, 3.05) is 53.5 Å². The summed E-state index contributed by atoms with van der Waals surface area (Å²) in [5.41, 5.74) is 5.64. The summed E-state index contributed by atoms with van der Waals surface area (Å²) in [5, 5.41) is 0. The predicted molar refractivity (Wildman–Crippen MR) is 72.3 cm³/mol. The Balaban J connectivity index is 2.23. The second-order valence-corrected chi connectivity index (χ2v) is 5.04. The van der Waals surface area contributed by atoms with Crippen LogP contribution in [0, 0.1) is 0 Å². The van der Waals surface area contributed by atoms with E-state index in [-0.39, 0.29) is 0 Å². The van der Waals surface area contributed by atoms with E-state index in [1.54, 1.807) is 7.11 Å². The van der Waals surface area contributed by atoms with E-state index in [0.29, 0.717) is 0 Å². The van der Waals surface area contributed by atoms with Crippen LogP contribution in [0.2, 0.25) is 0 Å². The third-order valence-corrected chi connectivity index (χ3v) is 3.76. The van der Waals surface area contributed by atoms with Gasteiger partial charge in [0.15, 0.2) is 0 Å². The van der Waals surface area contributed by atoms with E-state index in [4.69, 9.17) is 10.5 Å². The fraction of sp³-hybridized carbons (Fsp3) is 1.00. The zero-order valence-corrected chi connectivity index (χ0v) is 11.5. The van der Waals surface area contributed by atoms with Gasteiger partial charge in [0.2, 0.25) is 0 Å². The lowest BCUT2D eigenvalue weighted by Gasteiger charge is -2.34. The van der Waals surface area contributed by atoms with E-state index >= 15 is 0 Å². The highest BCUT2D eigenvalue weighted by Gasteiger charge is 2.19. The molecule has 1 unspecified atom stereocenters. The van der Waals surface area contributed by atoms with Gasteiger partial charge in [-0.1, -0.05) is 6.42 Å². The fourth-order valence-electron chi connectivity index (χ4n) is 2.58. The fourth-order valence-corrected chi connectivity index (χ4v) is 2.58. The molecule has 1 aliphatic heterocycles. The maximum Gasteiger partial charge on any atom is 0.0589 e. The Bertz CT molecular complexity index is 190. The summed E-state index contributed by atoms with van der Waals surface area (Å²) in [4.78, 5) is 4.94. The molecule has 1 rings (SSSR count). The van der Waals surface area contributed by atoms with Gasteiger partial charge in [-0.2, -0.15) is 0 Å². The highest BCUT2D eigenvalue weighted by Crippen LogP contribution is 2.17. The molecule has 0 aromatic rings. The smallest absolute Gasteiger partial charge is 0.0589 e. The molecule has 4 heteroatoms. The molecule has 2 N–H and O–H groups in total. The average Bonchev–Trinajstić information content (AvgIpc) is 2.34. The largest absolute Gasteiger partial charge is 0.383 e. The molecule has 0 aromatic carbocycles. The normalized spacial score (nSPS) is 22.2. The van der Waals surface area contributed by atoms with Crippen LogP contribution >= 0.6 is 0 Å². The second kappa shape index (κ2) is 8.86. The second-order valence-electron chi connectivity index (χ2n) is 5.04. The zero-order valence-electron chi connectivity index (χ0n) is 11.5. The van der Waals surface area contributed by atoms with Gasteiger partial charge in [-0.25, -0.2) is 0 Å². The number of ether oxygens (including phenoxy) is 1. The van der Waals surface area contributed by atoms with E-state index in [1.807, 2.05) is 0 Å². The molecule has 1 atom stereocenters. The van der Waals surface area contributed by atoms with Gasteiger partial charge in [0, 0.05) is 32.8 Å². The van der Waals surface area contributed by atoms with Crippen molar-refractivity contribution >= 4 is 0 Å². The van der Waals surface area contributed by atoms with Crippen LogP contribution in [0.25, 0.3) is 0 Å². The van der Waals surface area contributed by atoms with Crippen molar-refractivity contribution in [3.8, 4) is 0 Å². The maximum absolute atomic E-state index is 5.64. The van der Waals surface area contributed by atoms with Crippen LogP contribution in [0.1, 0.15) is 25.7 Å². The molecule has 0 spiro atoms. The van der Waals surface area contributed by atoms with Crippen LogP contribution < -0.4 is 5.73 Å². The minimum atomic E-state index is 0.740. The third kappa shape index (κ3) is 5.82. The van der Waals surface area contributed by atoms with Gasteiger partial charge in [-0.05, 0) is 39.4 Å². The van der Waals surface area contributed by atoms with Gasteiger partial charge in [0.1, 0.15) is 0 Å². The average molecular weight is 243 g/mol. The van der Waals surface area contributed by atoms with E-state index in [2.05, 4.69) is 16.8 Å². The number of nitrogens with two attached hydrogens (primary N) is 1. The first-order valence-electron chi connectivity index (χ1n) is 6.89. The molecule has 1 heterocycles. The van der Waals surface area contributed by atoms with Gasteiger partial charge in [-0.15, -0.1) is 0 Å². The van der Waals surface area contributed by atoms with Crippen molar-refractivity contribution in [3.63, 3.8) is 0 Å². The zero-order chi connectivity index (χ0) is 12.5. The van der Waals surface area contributed by atoms with Gasteiger partial charge in [0.05, 0.1) is 6.61 Å². The van der Waals surface area contributed by atoms with E-state index in [0.717, 1.165) is 38.8 Å². The summed E-state index contributed by atoms with van der Waals surface area (Å²) in [5.74, 6) is 0. The molecule has 0 bridgehead atoms. The number of likely N-dealkylation sites (tertiary alicyclic amines) is 1. The highest BCUT2D eigenvalue weighted by molar-refractivity contribution is 4.75. The molecule has 1 aliphatic rings. The molecular formula is C13H29N3O. The summed E-state index contributed by atoms with van der Waals surface area (Å²) in [6.07, 6.45) is 5.38. The Hall–Kier alpha value is -0.160. The Morgan fingerprint density at radius 2 is 2.12 bits per heavy atom. The first kappa shape index (κ1) is 14.9. The molecule has 0 aromatic heterocycles. The van der Waals surface area contributed by atoms with Crippen LogP contribution in [-0.2, 0) is 4.74 Å². The topological polar surface area (TPSA) is 41.7 Å². The maximum atomic E-state index is 5.64. The van der Waals surface area contributed by atoms with Crippen molar-refractivity contribution in [3.05, 3.63) is 0 Å². The SMILES string of the molecule is COCCN(CCN)CCC1CCCCN1C. The lowest BCUT2D eigenvalue weighted by atomic mass is 10.00. The monoisotopic (exact) mass is 243 g/mol. The van der Waals surface area contributed by atoms with Crippen molar-refractivity contribution < 1.29 is 4.74 Å². The molecule has 0 aliphatic carbocycles. The van der Waals surface area contributed by atoms with Crippen LogP contribution in [0.5, 0.6) is 0 Å². The Morgan fingerprint density at radius 3 is 2.76 bits per heavy atom. The van der Waals surface area contributed by atoms with Crippen molar-refractivity contribution in [2.45, 2.75) is 31.7 Å². The van der Waals surface area contributed by atoms with E-state index in [9.17, 15) is 0 Å². The lowest BCUT2D eigenvalue weighted by molar-refractivity contribution is 0.126. The minimum Gasteiger partial charge on any atom is -0.383 e. The molecule has 0 saturated carbocycles. The Labute approximate surface area is 106 Å². The van der Waals surface area contributed by atoms with E-state index < -0.39 is 0 Å². The van der Waals surface area contributed by atoms with Gasteiger partial charge in [-0.3, -0.25) is 4.90 Å². The van der Waals surface area contributed by atoms with Gasteiger partial charge >= 0.3 is 0 Å². The molecular weight excluding hydrogens is 214 g/mol. The van der Waals surface area contributed by atoms with Crippen LogP contribution in [-0.4, -0.2) is 69.3 Å². The van der Waals surface area contributed by atoms with E-state index in [1.165, 1.54) is 32.2 Å². The third-order valence-electron chi connectivity index (χ3n) is 3.76. The van der Waals surface area contributed by atoms with Crippen molar-refractivity contribution in [2.24, 2.45) is 5.73 Å². The predicted octanol–water partition coefficient (Wildman–Crippen LogP) is 0.768. The summed E-state index contributed by atoms with van der Waals surface area (Å²) in [6.45, 7) is 5.95. The number of methoxy groups -OCH3 is 1. The summed E-state index contributed by atoms with van der Waals surface area (Å²) < 4.78 is 5.14. The standard InChI is InChI=1S/C13H29N3O/c1-15-8-4-3-5-13(15)6-9-16(10-7-14)11-12-17-2/h13H,3-12,14H2,1-2H3. The molecule has 0 radical (unpaired) electrons. The Morgan fingerprint density at radius 1 is 1.29 bits per heavy atom. The van der Waals surface area contributed by atoms with Crippen molar-refractivity contribution in [1.29, 1.82) is 0 Å². The number of hydrogen-bond donors (Lipinski definition) is 1. The first-order chi connectivity index (χ1) is 8.27. The minimum absolute atomic E-state index is 0.740. The molecule has 1 fully saturated rings. The lowest BCUT2D eigenvalue weighted by Crippen LogP contribution is -2.40. The number of rotatable bonds is 8. The summed E-state index contributed by atoms with van der Waals surface area (Å²) >= 11 is 0. The molecule has 102 valence electrons. The van der Waals surface area contributed by atoms with Crippen molar-refractivity contribution in [1.82, 2.24) is 9.80 Å². The number of hydrogen-bond acceptors (Lipinski definition) is 4. The molecule has 1 saturated heterocycles. The molecule has 4 nitrogen and oxygen atoms in total. The van der Waals surface area contributed by atoms with Gasteiger partial charge in [0.25, 0.3) is 0 Å². The number of piperidine rings is 1. The van der Waals surface area contributed by atoms with Crippen LogP contribution in [0.4, 0.5) is 0 Å². The quantitative estimate of drug-likeness (QED) is 0.684. The van der Waals surface area contributed by atoms with Crippen LogP contribution in [0.3, 0.4) is 0 Å².